The first-order valence-corrected chi connectivity index (χ1v) is 12.5. The van der Waals surface area contributed by atoms with E-state index < -0.39 is 0 Å². The number of fused-ring (bicyclic) bond motifs is 1. The predicted molar refractivity (Wildman–Crippen MR) is 143 cm³/mol. The molecule has 1 heterocycles. The fourth-order valence-electron chi connectivity index (χ4n) is 4.40. The van der Waals surface area contributed by atoms with E-state index in [2.05, 4.69) is 11.1 Å². The lowest BCUT2D eigenvalue weighted by Gasteiger charge is -2.28. The van der Waals surface area contributed by atoms with Crippen LogP contribution in [0.15, 0.2) is 79.0 Å². The van der Waals surface area contributed by atoms with E-state index in [1.807, 2.05) is 31.3 Å². The number of amides is 2. The average Bonchev–Trinajstić information content (AvgIpc) is 3.34. The molecule has 2 amide bonds. The number of nitrogens with one attached hydrogen (secondary N) is 1. The second kappa shape index (κ2) is 12.2. The Morgan fingerprint density at radius 2 is 1.65 bits per heavy atom. The first kappa shape index (κ1) is 25.9. The highest BCUT2D eigenvalue weighted by atomic mass is 19.1. The molecule has 0 aliphatic heterocycles. The van der Waals surface area contributed by atoms with Crippen LogP contribution >= 0.6 is 0 Å². The largest absolute Gasteiger partial charge is 0.497 e. The first-order valence-electron chi connectivity index (χ1n) is 12.5. The van der Waals surface area contributed by atoms with Gasteiger partial charge in [0, 0.05) is 42.3 Å². The molecule has 192 valence electrons. The zero-order chi connectivity index (χ0) is 26.2. The number of hydrogen-bond donors (Lipinski definition) is 1. The Labute approximate surface area is 216 Å². The third-order valence-electron chi connectivity index (χ3n) is 6.41. The smallest absolute Gasteiger partial charge is 0.254 e. The van der Waals surface area contributed by atoms with E-state index in [0.717, 1.165) is 28.5 Å². The fourth-order valence-corrected chi connectivity index (χ4v) is 4.40. The monoisotopic (exact) mass is 501 g/mol. The second-order valence-corrected chi connectivity index (χ2v) is 9.01. The Kier molecular flexibility index (Phi) is 8.56. The number of rotatable bonds is 11. The van der Waals surface area contributed by atoms with E-state index in [0.29, 0.717) is 37.4 Å². The SMILES string of the molecule is CCCN(CC(=O)N(CCc1c[nH]c2ccccc12)Cc1ccc(F)cc1)C(=O)c1ccc(OC)cc1. The van der Waals surface area contributed by atoms with Crippen molar-refractivity contribution in [3.05, 3.63) is 102 Å². The summed E-state index contributed by atoms with van der Waals surface area (Å²) in [6, 6.07) is 21.1. The number of para-hydroxylation sites is 1. The topological polar surface area (TPSA) is 65.6 Å². The van der Waals surface area contributed by atoms with E-state index in [9.17, 15) is 14.0 Å². The Morgan fingerprint density at radius 1 is 0.919 bits per heavy atom. The number of aromatic amines is 1. The molecule has 4 rings (SSSR count). The number of carbonyl (C=O) groups excluding carboxylic acids is 2. The molecule has 0 unspecified atom stereocenters. The van der Waals surface area contributed by atoms with Crippen molar-refractivity contribution in [1.82, 2.24) is 14.8 Å². The van der Waals surface area contributed by atoms with Crippen LogP contribution in [-0.2, 0) is 17.8 Å². The highest BCUT2D eigenvalue weighted by Crippen LogP contribution is 2.19. The van der Waals surface area contributed by atoms with Crippen molar-refractivity contribution in [3.63, 3.8) is 0 Å². The molecule has 0 saturated heterocycles. The third-order valence-corrected chi connectivity index (χ3v) is 6.41. The number of aromatic nitrogens is 1. The molecule has 1 aromatic heterocycles. The number of H-pyrrole nitrogens is 1. The highest BCUT2D eigenvalue weighted by molar-refractivity contribution is 5.96. The summed E-state index contributed by atoms with van der Waals surface area (Å²) in [7, 11) is 1.57. The number of carbonyl (C=O) groups is 2. The molecule has 0 spiro atoms. The zero-order valence-corrected chi connectivity index (χ0v) is 21.2. The van der Waals surface area contributed by atoms with Gasteiger partial charge in [-0.3, -0.25) is 9.59 Å². The van der Waals surface area contributed by atoms with E-state index in [4.69, 9.17) is 4.74 Å². The predicted octanol–water partition coefficient (Wildman–Crippen LogP) is 5.44. The number of methoxy groups -OCH3 is 1. The Hall–Kier alpha value is -4.13. The van der Waals surface area contributed by atoms with Gasteiger partial charge in [0.1, 0.15) is 18.1 Å². The summed E-state index contributed by atoms with van der Waals surface area (Å²) < 4.78 is 18.7. The van der Waals surface area contributed by atoms with Crippen molar-refractivity contribution in [2.45, 2.75) is 26.3 Å². The van der Waals surface area contributed by atoms with Gasteiger partial charge in [-0.05, 0) is 66.4 Å². The molecular weight excluding hydrogens is 469 g/mol. The minimum atomic E-state index is -0.320. The summed E-state index contributed by atoms with van der Waals surface area (Å²) in [5, 5.41) is 1.12. The lowest BCUT2D eigenvalue weighted by Crippen LogP contribution is -2.43. The molecule has 0 fully saturated rings. The molecule has 7 heteroatoms. The van der Waals surface area contributed by atoms with Gasteiger partial charge in [0.2, 0.25) is 5.91 Å². The van der Waals surface area contributed by atoms with Crippen molar-refractivity contribution in [3.8, 4) is 5.75 Å². The molecule has 0 saturated carbocycles. The maximum atomic E-state index is 13.6. The number of benzene rings is 3. The Bertz CT molecular complexity index is 1330. The van der Waals surface area contributed by atoms with E-state index in [1.54, 1.807) is 53.3 Å². The van der Waals surface area contributed by atoms with E-state index in [-0.39, 0.29) is 24.2 Å². The van der Waals surface area contributed by atoms with Gasteiger partial charge in [-0.1, -0.05) is 37.3 Å². The Morgan fingerprint density at radius 3 is 2.35 bits per heavy atom. The maximum absolute atomic E-state index is 13.6. The van der Waals surface area contributed by atoms with Crippen LogP contribution in [0, 0.1) is 5.82 Å². The molecule has 6 nitrogen and oxygen atoms in total. The molecule has 0 radical (unpaired) electrons. The van der Waals surface area contributed by atoms with Crippen LogP contribution in [0.5, 0.6) is 5.75 Å². The molecule has 0 aliphatic rings. The summed E-state index contributed by atoms with van der Waals surface area (Å²) in [4.78, 5) is 33.5. The van der Waals surface area contributed by atoms with E-state index >= 15 is 0 Å². The first-order chi connectivity index (χ1) is 18.0. The van der Waals surface area contributed by atoms with Crippen LogP contribution < -0.4 is 4.74 Å². The van der Waals surface area contributed by atoms with Crippen molar-refractivity contribution < 1.29 is 18.7 Å². The molecule has 37 heavy (non-hydrogen) atoms. The number of ether oxygens (including phenoxy) is 1. The molecule has 0 aliphatic carbocycles. The molecule has 3 aromatic carbocycles. The number of nitrogens with zero attached hydrogens (tertiary/aromatic N) is 2. The van der Waals surface area contributed by atoms with Gasteiger partial charge in [-0.25, -0.2) is 4.39 Å². The fraction of sp³-hybridized carbons (Fsp3) is 0.267. The number of hydrogen-bond acceptors (Lipinski definition) is 3. The van der Waals surface area contributed by atoms with Crippen LogP contribution in [0.1, 0.15) is 34.8 Å². The molecule has 0 bridgehead atoms. The minimum Gasteiger partial charge on any atom is -0.497 e. The normalized spacial score (nSPS) is 10.9. The summed E-state index contributed by atoms with van der Waals surface area (Å²) in [6.45, 7) is 3.20. The Balaban J connectivity index is 1.52. The zero-order valence-electron chi connectivity index (χ0n) is 21.2. The van der Waals surface area contributed by atoms with E-state index in [1.165, 1.54) is 12.1 Å². The standard InChI is InChI=1S/C30H32FN3O3/c1-3-17-34(30(36)23-10-14-26(37-2)15-11-23)21-29(35)33(20-22-8-12-25(31)13-9-22)18-16-24-19-32-28-7-5-4-6-27(24)28/h4-15,19,32H,3,16-18,20-21H2,1-2H3. The molecule has 1 N–H and O–H groups in total. The summed E-state index contributed by atoms with van der Waals surface area (Å²) in [5.41, 5.74) is 3.50. The van der Waals surface area contributed by atoms with Gasteiger partial charge < -0.3 is 19.5 Å². The van der Waals surface area contributed by atoms with Crippen LogP contribution in [-0.4, -0.2) is 53.3 Å². The van der Waals surface area contributed by atoms with Crippen LogP contribution in [0.3, 0.4) is 0 Å². The van der Waals surface area contributed by atoms with Crippen LogP contribution in [0.25, 0.3) is 10.9 Å². The van der Waals surface area contributed by atoms with Crippen molar-refractivity contribution in [2.75, 3.05) is 26.7 Å². The third kappa shape index (κ3) is 6.55. The molecular formula is C30H32FN3O3. The van der Waals surface area contributed by atoms with Crippen LogP contribution in [0.4, 0.5) is 4.39 Å². The van der Waals surface area contributed by atoms with Crippen molar-refractivity contribution in [2.24, 2.45) is 0 Å². The van der Waals surface area contributed by atoms with Gasteiger partial charge in [0.15, 0.2) is 0 Å². The molecule has 0 atom stereocenters. The number of halogens is 1. The van der Waals surface area contributed by atoms with Crippen molar-refractivity contribution in [1.29, 1.82) is 0 Å². The van der Waals surface area contributed by atoms with Gasteiger partial charge in [0.05, 0.1) is 7.11 Å². The van der Waals surface area contributed by atoms with Gasteiger partial charge >= 0.3 is 0 Å². The quantitative estimate of drug-likeness (QED) is 0.298. The van der Waals surface area contributed by atoms with Crippen LogP contribution in [0.2, 0.25) is 0 Å². The lowest BCUT2D eigenvalue weighted by molar-refractivity contribution is -0.132. The van der Waals surface area contributed by atoms with Crippen molar-refractivity contribution >= 4 is 22.7 Å². The lowest BCUT2D eigenvalue weighted by atomic mass is 10.1. The summed E-state index contributed by atoms with van der Waals surface area (Å²) in [6.07, 6.45) is 3.35. The summed E-state index contributed by atoms with van der Waals surface area (Å²) in [5.74, 6) is -0.00672. The molecule has 4 aromatic rings. The second-order valence-electron chi connectivity index (χ2n) is 9.01. The van der Waals surface area contributed by atoms with Gasteiger partial charge in [0.25, 0.3) is 5.91 Å². The summed E-state index contributed by atoms with van der Waals surface area (Å²) >= 11 is 0. The maximum Gasteiger partial charge on any atom is 0.254 e. The van der Waals surface area contributed by atoms with Gasteiger partial charge in [-0.2, -0.15) is 0 Å². The average molecular weight is 502 g/mol. The highest BCUT2D eigenvalue weighted by Gasteiger charge is 2.22. The van der Waals surface area contributed by atoms with Gasteiger partial charge in [-0.15, -0.1) is 0 Å². The minimum absolute atomic E-state index is 0.0339.